The van der Waals surface area contributed by atoms with Crippen molar-refractivity contribution >= 4 is 22.1 Å². The Hall–Kier alpha value is -0.294. The Bertz CT molecular complexity index is 811. The molecular weight excluding hydrogens is 483 g/mol. The maximum absolute atomic E-state index is 12.4. The standard InChI is InChI=1S/C25H40O7S.K/c1-3-4-5-6-7-8-9-10-11-12-13-16-19-31-24(26)22-17-14-15-18-23(22)25(27)32-20-21(2)33(28,29)30;/h14-15,17-18,21H,3-13,16,19-20H2,1-2H3,(H,28,29,30);/q;+1/p-1. The van der Waals surface area contributed by atoms with Crippen molar-refractivity contribution < 1.29 is 83.4 Å². The Morgan fingerprint density at radius 2 is 1.21 bits per heavy atom. The van der Waals surface area contributed by atoms with Crippen LogP contribution in [0.2, 0.25) is 0 Å². The minimum Gasteiger partial charge on any atom is -0.748 e. The Balaban J connectivity index is 0.0000109. The van der Waals surface area contributed by atoms with Gasteiger partial charge >= 0.3 is 63.3 Å². The average molecular weight is 523 g/mol. The molecule has 0 aliphatic rings. The minimum atomic E-state index is -4.56. The van der Waals surface area contributed by atoms with E-state index in [4.69, 9.17) is 9.47 Å². The molecule has 0 aliphatic carbocycles. The fraction of sp³-hybridized carbons (Fsp3) is 0.680. The largest absolute Gasteiger partial charge is 1.00 e. The summed E-state index contributed by atoms with van der Waals surface area (Å²) in [4.78, 5) is 24.7. The van der Waals surface area contributed by atoms with Crippen molar-refractivity contribution in [3.63, 3.8) is 0 Å². The molecule has 1 rings (SSSR count). The second-order valence-corrected chi connectivity index (χ2v) is 10.3. The van der Waals surface area contributed by atoms with Gasteiger partial charge in [-0.15, -0.1) is 0 Å². The zero-order chi connectivity index (χ0) is 24.5. The number of esters is 2. The first-order chi connectivity index (χ1) is 15.8. The summed E-state index contributed by atoms with van der Waals surface area (Å²) < 4.78 is 43.0. The molecule has 0 radical (unpaired) electrons. The van der Waals surface area contributed by atoms with E-state index >= 15 is 0 Å². The Labute approximate surface area is 247 Å². The van der Waals surface area contributed by atoms with Crippen molar-refractivity contribution in [2.45, 2.75) is 96.1 Å². The van der Waals surface area contributed by atoms with Gasteiger partial charge in [-0.3, -0.25) is 0 Å². The van der Waals surface area contributed by atoms with Crippen LogP contribution >= 0.6 is 0 Å². The molecule has 0 spiro atoms. The van der Waals surface area contributed by atoms with Crippen molar-refractivity contribution in [3.05, 3.63) is 35.4 Å². The van der Waals surface area contributed by atoms with Crippen LogP contribution in [0.3, 0.4) is 0 Å². The summed E-state index contributed by atoms with van der Waals surface area (Å²) in [7, 11) is -4.56. The number of hydrogen-bond donors (Lipinski definition) is 0. The first kappa shape index (κ1) is 33.7. The van der Waals surface area contributed by atoms with Crippen LogP contribution in [0.1, 0.15) is 112 Å². The maximum atomic E-state index is 12.4. The zero-order valence-corrected chi connectivity index (χ0v) is 25.0. The molecule has 0 bridgehead atoms. The molecule has 0 aliphatic heterocycles. The molecule has 9 heteroatoms. The fourth-order valence-electron chi connectivity index (χ4n) is 3.38. The van der Waals surface area contributed by atoms with Crippen molar-refractivity contribution in [2.24, 2.45) is 0 Å². The second-order valence-electron chi connectivity index (χ2n) is 8.47. The normalized spacial score (nSPS) is 12.0. The first-order valence-electron chi connectivity index (χ1n) is 12.1. The summed E-state index contributed by atoms with van der Waals surface area (Å²) in [5, 5.41) is -1.37. The first-order valence-corrected chi connectivity index (χ1v) is 13.6. The van der Waals surface area contributed by atoms with Crippen LogP contribution in [0.25, 0.3) is 0 Å². The van der Waals surface area contributed by atoms with Gasteiger partial charge in [-0.1, -0.05) is 89.7 Å². The van der Waals surface area contributed by atoms with Gasteiger partial charge in [0, 0.05) is 0 Å². The summed E-state index contributed by atoms with van der Waals surface area (Å²) in [6.45, 7) is 3.08. The molecule has 0 fully saturated rings. The third kappa shape index (κ3) is 15.0. The molecule has 1 aromatic rings. The number of carbonyl (C=O) groups is 2. The topological polar surface area (TPSA) is 110 Å². The van der Waals surface area contributed by atoms with Gasteiger partial charge in [-0.2, -0.15) is 0 Å². The van der Waals surface area contributed by atoms with E-state index in [1.165, 1.54) is 69.9 Å². The molecule has 1 atom stereocenters. The van der Waals surface area contributed by atoms with Gasteiger partial charge in [0.2, 0.25) is 0 Å². The van der Waals surface area contributed by atoms with Crippen molar-refractivity contribution in [3.8, 4) is 0 Å². The average Bonchev–Trinajstić information content (AvgIpc) is 2.79. The van der Waals surface area contributed by atoms with Gasteiger partial charge in [0.25, 0.3) is 0 Å². The molecule has 1 unspecified atom stereocenters. The predicted octanol–water partition coefficient (Wildman–Crippen LogP) is 2.64. The zero-order valence-electron chi connectivity index (χ0n) is 21.1. The maximum Gasteiger partial charge on any atom is 1.00 e. The molecule has 0 saturated carbocycles. The molecule has 7 nitrogen and oxygen atoms in total. The SMILES string of the molecule is CCCCCCCCCCCCCCOC(=O)c1ccccc1C(=O)OCC(C)S(=O)(=O)[O-].[K+]. The summed E-state index contributed by atoms with van der Waals surface area (Å²) in [5.41, 5.74) is 0.0340. The molecule has 0 heterocycles. The molecule has 0 aromatic heterocycles. The van der Waals surface area contributed by atoms with E-state index in [1.807, 2.05) is 0 Å². The molecule has 188 valence electrons. The molecule has 34 heavy (non-hydrogen) atoms. The monoisotopic (exact) mass is 522 g/mol. The van der Waals surface area contributed by atoms with E-state index < -0.39 is 33.9 Å². The molecule has 0 N–H and O–H groups in total. The van der Waals surface area contributed by atoms with Gasteiger partial charge in [0.05, 0.1) is 23.0 Å². The minimum absolute atomic E-state index is 0. The number of rotatable bonds is 18. The van der Waals surface area contributed by atoms with Crippen LogP contribution in [0.5, 0.6) is 0 Å². The van der Waals surface area contributed by atoms with Crippen LogP contribution in [0.15, 0.2) is 24.3 Å². The van der Waals surface area contributed by atoms with Gasteiger partial charge in [0.15, 0.2) is 0 Å². The Morgan fingerprint density at radius 1 is 0.794 bits per heavy atom. The summed E-state index contributed by atoms with van der Waals surface area (Å²) >= 11 is 0. The van der Waals surface area contributed by atoms with Crippen LogP contribution in [-0.4, -0.2) is 43.4 Å². The van der Waals surface area contributed by atoms with Gasteiger partial charge in [-0.05, 0) is 25.5 Å². The van der Waals surface area contributed by atoms with Crippen molar-refractivity contribution in [2.75, 3.05) is 13.2 Å². The number of carbonyl (C=O) groups excluding carboxylic acids is 2. The van der Waals surface area contributed by atoms with Crippen LogP contribution in [-0.2, 0) is 19.6 Å². The molecule has 0 saturated heterocycles. The summed E-state index contributed by atoms with van der Waals surface area (Å²) in [6.07, 6.45) is 14.5. The number of ether oxygens (including phenoxy) is 2. The molecular formula is C25H39KO7S. The Kier molecular flexibility index (Phi) is 19.7. The smallest absolute Gasteiger partial charge is 0.748 e. The van der Waals surface area contributed by atoms with Crippen molar-refractivity contribution in [1.29, 1.82) is 0 Å². The van der Waals surface area contributed by atoms with E-state index in [9.17, 15) is 22.6 Å². The van der Waals surface area contributed by atoms with Crippen LogP contribution < -0.4 is 51.4 Å². The van der Waals surface area contributed by atoms with E-state index in [1.54, 1.807) is 12.1 Å². The number of hydrogen-bond acceptors (Lipinski definition) is 7. The number of benzene rings is 1. The van der Waals surface area contributed by atoms with Gasteiger partial charge < -0.3 is 14.0 Å². The fourth-order valence-corrected chi connectivity index (χ4v) is 3.61. The predicted molar refractivity (Wildman–Crippen MR) is 127 cm³/mol. The summed E-state index contributed by atoms with van der Waals surface area (Å²) in [6, 6.07) is 6.02. The molecule has 0 amide bonds. The third-order valence-electron chi connectivity index (χ3n) is 5.54. The van der Waals surface area contributed by atoms with Gasteiger partial charge in [-0.25, -0.2) is 18.0 Å². The van der Waals surface area contributed by atoms with E-state index in [0.717, 1.165) is 26.2 Å². The molecule has 1 aromatic carbocycles. The second kappa shape index (κ2) is 19.8. The van der Waals surface area contributed by atoms with Crippen molar-refractivity contribution in [1.82, 2.24) is 0 Å². The quantitative estimate of drug-likeness (QED) is 0.126. The Morgan fingerprint density at radius 3 is 1.65 bits per heavy atom. The third-order valence-corrected chi connectivity index (χ3v) is 6.66. The van der Waals surface area contributed by atoms with Gasteiger partial charge in [0.1, 0.15) is 16.7 Å². The van der Waals surface area contributed by atoms with Crippen LogP contribution in [0, 0.1) is 0 Å². The van der Waals surface area contributed by atoms with E-state index in [0.29, 0.717) is 0 Å². The summed E-state index contributed by atoms with van der Waals surface area (Å²) in [5.74, 6) is -1.50. The van der Waals surface area contributed by atoms with E-state index in [2.05, 4.69) is 6.92 Å². The van der Waals surface area contributed by atoms with Crippen LogP contribution in [0.4, 0.5) is 0 Å². The number of unbranched alkanes of at least 4 members (excludes halogenated alkanes) is 11. The van der Waals surface area contributed by atoms with E-state index in [-0.39, 0.29) is 69.1 Å².